The highest BCUT2D eigenvalue weighted by atomic mass is 16.3. The second-order valence-electron chi connectivity index (χ2n) is 5.86. The summed E-state index contributed by atoms with van der Waals surface area (Å²) in [5, 5.41) is 16.1. The van der Waals surface area contributed by atoms with E-state index in [2.05, 4.69) is 17.2 Å². The molecule has 0 aliphatic carbocycles. The Morgan fingerprint density at radius 3 is 2.58 bits per heavy atom. The number of likely N-dealkylation sites (N-methyl/N-ethyl adjacent to an activating group) is 1. The van der Waals surface area contributed by atoms with Crippen molar-refractivity contribution in [1.29, 1.82) is 0 Å². The summed E-state index contributed by atoms with van der Waals surface area (Å²) in [6.45, 7) is 4.09. The number of aromatic nitrogens is 2. The number of aliphatic hydroxyl groups is 1. The van der Waals surface area contributed by atoms with Crippen molar-refractivity contribution >= 4 is 10.9 Å². The maximum atomic E-state index is 10.5. The predicted molar refractivity (Wildman–Crippen MR) is 78.2 cm³/mol. The van der Waals surface area contributed by atoms with Crippen molar-refractivity contribution in [2.75, 3.05) is 14.1 Å². The van der Waals surface area contributed by atoms with E-state index >= 15 is 0 Å². The van der Waals surface area contributed by atoms with Gasteiger partial charge in [0.2, 0.25) is 0 Å². The van der Waals surface area contributed by atoms with E-state index in [-0.39, 0.29) is 5.54 Å². The van der Waals surface area contributed by atoms with Crippen LogP contribution in [-0.4, -0.2) is 45.5 Å². The molecule has 0 saturated heterocycles. The van der Waals surface area contributed by atoms with E-state index in [4.69, 9.17) is 0 Å². The van der Waals surface area contributed by atoms with Gasteiger partial charge in [0, 0.05) is 24.4 Å². The second-order valence-corrected chi connectivity index (χ2v) is 5.86. The molecule has 2 rings (SSSR count). The molecule has 1 heterocycles. The van der Waals surface area contributed by atoms with Crippen molar-refractivity contribution < 1.29 is 5.11 Å². The number of fused-ring (bicyclic) bond motifs is 1. The van der Waals surface area contributed by atoms with Crippen LogP contribution >= 0.6 is 0 Å². The highest BCUT2D eigenvalue weighted by molar-refractivity contribution is 5.81. The van der Waals surface area contributed by atoms with Crippen LogP contribution < -0.4 is 0 Å². The predicted octanol–water partition coefficient (Wildman–Crippen LogP) is 1.82. The van der Waals surface area contributed by atoms with Gasteiger partial charge in [0.1, 0.15) is 0 Å². The molecule has 4 heteroatoms. The molecule has 0 amide bonds. The first-order valence-corrected chi connectivity index (χ1v) is 6.60. The fourth-order valence-corrected chi connectivity index (χ4v) is 2.17. The van der Waals surface area contributed by atoms with Crippen molar-refractivity contribution in [2.45, 2.75) is 31.9 Å². The van der Waals surface area contributed by atoms with Crippen molar-refractivity contribution in [2.24, 2.45) is 7.05 Å². The maximum absolute atomic E-state index is 10.5. The number of aryl methyl sites for hydroxylation is 1. The highest BCUT2D eigenvalue weighted by Crippen LogP contribution is 2.23. The minimum Gasteiger partial charge on any atom is -0.391 e. The van der Waals surface area contributed by atoms with Crippen LogP contribution in [0, 0.1) is 0 Å². The zero-order chi connectivity index (χ0) is 14.2. The number of rotatable bonds is 4. The first kappa shape index (κ1) is 14.0. The molecule has 104 valence electrons. The van der Waals surface area contributed by atoms with E-state index in [0.29, 0.717) is 6.42 Å². The van der Waals surface area contributed by atoms with Crippen LogP contribution in [0.5, 0.6) is 0 Å². The SMILES string of the molecule is CN(C)C(C)(C)C(O)Cc1nn(C)c2ccccc12. The quantitative estimate of drug-likeness (QED) is 0.912. The van der Waals surface area contributed by atoms with Crippen molar-refractivity contribution in [1.82, 2.24) is 14.7 Å². The Bertz CT molecular complexity index is 572. The molecule has 0 bridgehead atoms. The van der Waals surface area contributed by atoms with E-state index in [0.717, 1.165) is 16.6 Å². The highest BCUT2D eigenvalue weighted by Gasteiger charge is 2.31. The Hall–Kier alpha value is -1.39. The van der Waals surface area contributed by atoms with Gasteiger partial charge in [-0.1, -0.05) is 18.2 Å². The molecule has 0 radical (unpaired) electrons. The third-order valence-electron chi connectivity index (χ3n) is 4.19. The largest absolute Gasteiger partial charge is 0.391 e. The number of hydrogen-bond donors (Lipinski definition) is 1. The van der Waals surface area contributed by atoms with Crippen LogP contribution in [0.15, 0.2) is 24.3 Å². The van der Waals surface area contributed by atoms with Gasteiger partial charge in [-0.2, -0.15) is 5.10 Å². The van der Waals surface area contributed by atoms with Crippen LogP contribution in [0.25, 0.3) is 10.9 Å². The van der Waals surface area contributed by atoms with Crippen LogP contribution in [0.3, 0.4) is 0 Å². The fraction of sp³-hybridized carbons (Fsp3) is 0.533. The van der Waals surface area contributed by atoms with Gasteiger partial charge in [0.05, 0.1) is 17.3 Å². The monoisotopic (exact) mass is 261 g/mol. The van der Waals surface area contributed by atoms with Gasteiger partial charge in [0.15, 0.2) is 0 Å². The molecule has 1 unspecified atom stereocenters. The lowest BCUT2D eigenvalue weighted by Crippen LogP contribution is -2.49. The molecule has 19 heavy (non-hydrogen) atoms. The molecule has 4 nitrogen and oxygen atoms in total. The van der Waals surface area contributed by atoms with Crippen molar-refractivity contribution in [3.63, 3.8) is 0 Å². The second kappa shape index (κ2) is 4.94. The fourth-order valence-electron chi connectivity index (χ4n) is 2.17. The smallest absolute Gasteiger partial charge is 0.0774 e. The molecule has 1 atom stereocenters. The van der Waals surface area contributed by atoms with Crippen LogP contribution in [0.4, 0.5) is 0 Å². The van der Waals surface area contributed by atoms with Gasteiger partial charge >= 0.3 is 0 Å². The molecule has 0 fully saturated rings. The molecule has 0 aliphatic heterocycles. The number of aliphatic hydroxyl groups excluding tert-OH is 1. The van der Waals surface area contributed by atoms with Crippen LogP contribution in [0.2, 0.25) is 0 Å². The van der Waals surface area contributed by atoms with Gasteiger partial charge in [0.25, 0.3) is 0 Å². The number of benzene rings is 1. The summed E-state index contributed by atoms with van der Waals surface area (Å²) in [5.74, 6) is 0. The topological polar surface area (TPSA) is 41.3 Å². The molecule has 0 saturated carbocycles. The molecular formula is C15H23N3O. The lowest BCUT2D eigenvalue weighted by Gasteiger charge is -2.36. The maximum Gasteiger partial charge on any atom is 0.0774 e. The summed E-state index contributed by atoms with van der Waals surface area (Å²) in [4.78, 5) is 2.04. The van der Waals surface area contributed by atoms with Crippen LogP contribution in [0.1, 0.15) is 19.5 Å². The van der Waals surface area contributed by atoms with E-state index in [1.807, 2.05) is 56.7 Å². The summed E-state index contributed by atoms with van der Waals surface area (Å²) in [6, 6.07) is 8.13. The lowest BCUT2D eigenvalue weighted by atomic mass is 9.92. The summed E-state index contributed by atoms with van der Waals surface area (Å²) < 4.78 is 1.88. The summed E-state index contributed by atoms with van der Waals surface area (Å²) >= 11 is 0. The average molecular weight is 261 g/mol. The minimum absolute atomic E-state index is 0.279. The van der Waals surface area contributed by atoms with Gasteiger partial charge in [-0.15, -0.1) is 0 Å². The third-order valence-corrected chi connectivity index (χ3v) is 4.19. The number of para-hydroxylation sites is 1. The molecule has 1 aromatic heterocycles. The zero-order valence-corrected chi connectivity index (χ0v) is 12.4. The minimum atomic E-state index is -0.458. The Balaban J connectivity index is 2.32. The Morgan fingerprint density at radius 2 is 1.95 bits per heavy atom. The zero-order valence-electron chi connectivity index (χ0n) is 12.4. The van der Waals surface area contributed by atoms with Gasteiger partial charge in [-0.3, -0.25) is 4.68 Å². The summed E-state index contributed by atoms with van der Waals surface area (Å²) in [6.07, 6.45) is 0.104. The standard InChI is InChI=1S/C15H23N3O/c1-15(2,17(3)4)14(19)10-12-11-8-6-7-9-13(11)18(5)16-12/h6-9,14,19H,10H2,1-5H3. The molecular weight excluding hydrogens is 238 g/mol. The summed E-state index contributed by atoms with van der Waals surface area (Å²) in [7, 11) is 5.91. The summed E-state index contributed by atoms with van der Waals surface area (Å²) in [5.41, 5.74) is 1.78. The average Bonchev–Trinajstić information content (AvgIpc) is 2.67. The number of nitrogens with zero attached hydrogens (tertiary/aromatic N) is 3. The molecule has 1 N–H and O–H groups in total. The Kier molecular flexibility index (Phi) is 3.65. The van der Waals surface area contributed by atoms with E-state index < -0.39 is 6.10 Å². The van der Waals surface area contributed by atoms with E-state index in [1.165, 1.54) is 0 Å². The third kappa shape index (κ3) is 2.51. The normalized spacial score (nSPS) is 14.3. The van der Waals surface area contributed by atoms with E-state index in [9.17, 15) is 5.11 Å². The Morgan fingerprint density at radius 1 is 1.32 bits per heavy atom. The molecule has 2 aromatic rings. The lowest BCUT2D eigenvalue weighted by molar-refractivity contribution is 0.0178. The molecule has 1 aromatic carbocycles. The van der Waals surface area contributed by atoms with Gasteiger partial charge < -0.3 is 10.0 Å². The Labute approximate surface area is 114 Å². The van der Waals surface area contributed by atoms with E-state index in [1.54, 1.807) is 0 Å². The molecule has 0 spiro atoms. The van der Waals surface area contributed by atoms with Crippen molar-refractivity contribution in [3.8, 4) is 0 Å². The first-order chi connectivity index (χ1) is 8.84. The number of hydrogen-bond acceptors (Lipinski definition) is 3. The molecule has 0 aliphatic rings. The van der Waals surface area contributed by atoms with Gasteiger partial charge in [-0.25, -0.2) is 0 Å². The van der Waals surface area contributed by atoms with Gasteiger partial charge in [-0.05, 0) is 34.0 Å². The van der Waals surface area contributed by atoms with Crippen LogP contribution in [-0.2, 0) is 13.5 Å². The van der Waals surface area contributed by atoms with Crippen molar-refractivity contribution in [3.05, 3.63) is 30.0 Å². The first-order valence-electron chi connectivity index (χ1n) is 6.60.